The van der Waals surface area contributed by atoms with Crippen molar-refractivity contribution < 1.29 is 27.5 Å². The van der Waals surface area contributed by atoms with Gasteiger partial charge in [-0.2, -0.15) is 13.2 Å². The van der Waals surface area contributed by atoms with Crippen molar-refractivity contribution in [1.29, 1.82) is 0 Å². The molecule has 0 fully saturated rings. The summed E-state index contributed by atoms with van der Waals surface area (Å²) in [5.74, 6) is -0.183. The fourth-order valence-corrected chi connectivity index (χ4v) is 2.77. The highest BCUT2D eigenvalue weighted by Gasteiger charge is 2.30. The standard InChI is InChI=1S/C23H20F3N3O3/c1-15(32-20-12-10-17(11-13-20)16-6-3-2-4-7-16)21(30)28-29-22(31)27-19-9-5-8-18(14-19)23(24,25)26/h2-15H,1H3,(H,28,30)(H2,27,29,31)/t15-/m1/s1. The van der Waals surface area contributed by atoms with Crippen molar-refractivity contribution in [3.8, 4) is 16.9 Å². The number of hydrogen-bond acceptors (Lipinski definition) is 3. The van der Waals surface area contributed by atoms with Crippen LogP contribution in [-0.4, -0.2) is 18.0 Å². The molecule has 0 radical (unpaired) electrons. The Morgan fingerprint density at radius 2 is 1.50 bits per heavy atom. The van der Waals surface area contributed by atoms with Gasteiger partial charge in [0.2, 0.25) is 0 Å². The zero-order chi connectivity index (χ0) is 23.1. The number of rotatable bonds is 5. The maximum atomic E-state index is 12.7. The van der Waals surface area contributed by atoms with E-state index in [0.717, 1.165) is 29.3 Å². The Kier molecular flexibility index (Phi) is 6.99. The Balaban J connectivity index is 1.49. The molecule has 0 saturated heterocycles. The first-order valence-electron chi connectivity index (χ1n) is 9.58. The van der Waals surface area contributed by atoms with E-state index in [0.29, 0.717) is 5.75 Å². The smallest absolute Gasteiger partial charge is 0.416 e. The average molecular weight is 443 g/mol. The van der Waals surface area contributed by atoms with Crippen molar-refractivity contribution >= 4 is 17.6 Å². The first-order chi connectivity index (χ1) is 15.2. The van der Waals surface area contributed by atoms with E-state index in [1.165, 1.54) is 13.0 Å². The topological polar surface area (TPSA) is 79.5 Å². The molecule has 3 rings (SSSR count). The number of carbonyl (C=O) groups is 2. The highest BCUT2D eigenvalue weighted by Crippen LogP contribution is 2.30. The Morgan fingerprint density at radius 1 is 0.844 bits per heavy atom. The molecule has 9 heteroatoms. The molecule has 0 heterocycles. The van der Waals surface area contributed by atoms with Crippen molar-refractivity contribution in [2.45, 2.75) is 19.2 Å². The molecule has 0 bridgehead atoms. The van der Waals surface area contributed by atoms with Crippen molar-refractivity contribution in [3.63, 3.8) is 0 Å². The van der Waals surface area contributed by atoms with Crippen molar-refractivity contribution in [1.82, 2.24) is 10.9 Å². The molecule has 3 aromatic rings. The molecule has 0 aromatic heterocycles. The third-order valence-corrected chi connectivity index (χ3v) is 4.39. The summed E-state index contributed by atoms with van der Waals surface area (Å²) >= 11 is 0. The number of alkyl halides is 3. The van der Waals surface area contributed by atoms with Gasteiger partial charge in [0.1, 0.15) is 5.75 Å². The molecule has 0 aliphatic carbocycles. The lowest BCUT2D eigenvalue weighted by Gasteiger charge is -2.16. The number of nitrogens with one attached hydrogen (secondary N) is 3. The van der Waals surface area contributed by atoms with E-state index in [-0.39, 0.29) is 5.69 Å². The summed E-state index contributed by atoms with van der Waals surface area (Å²) in [4.78, 5) is 24.0. The molecular weight excluding hydrogens is 423 g/mol. The number of benzene rings is 3. The SMILES string of the molecule is C[C@@H](Oc1ccc(-c2ccccc2)cc1)C(=O)NNC(=O)Nc1cccc(C(F)(F)F)c1. The monoisotopic (exact) mass is 443 g/mol. The molecule has 3 amide bonds. The van der Waals surface area contributed by atoms with Gasteiger partial charge in [0.15, 0.2) is 6.10 Å². The number of amides is 3. The molecule has 6 nitrogen and oxygen atoms in total. The molecule has 0 spiro atoms. The molecular formula is C23H20F3N3O3. The maximum absolute atomic E-state index is 12.7. The van der Waals surface area contributed by atoms with Crippen molar-refractivity contribution in [3.05, 3.63) is 84.4 Å². The minimum Gasteiger partial charge on any atom is -0.481 e. The highest BCUT2D eigenvalue weighted by molar-refractivity contribution is 5.91. The summed E-state index contributed by atoms with van der Waals surface area (Å²) in [5, 5.41) is 2.21. The lowest BCUT2D eigenvalue weighted by atomic mass is 10.1. The Morgan fingerprint density at radius 3 is 2.16 bits per heavy atom. The number of hydrazine groups is 1. The quantitative estimate of drug-likeness (QED) is 0.486. The van der Waals surface area contributed by atoms with Gasteiger partial charge >= 0.3 is 12.2 Å². The maximum Gasteiger partial charge on any atom is 0.416 e. The van der Waals surface area contributed by atoms with E-state index in [4.69, 9.17) is 4.74 Å². The first-order valence-corrected chi connectivity index (χ1v) is 9.58. The van der Waals surface area contributed by atoms with Crippen LogP contribution in [0.3, 0.4) is 0 Å². The van der Waals surface area contributed by atoms with Crippen LogP contribution in [0.25, 0.3) is 11.1 Å². The van der Waals surface area contributed by atoms with Crippen LogP contribution < -0.4 is 20.9 Å². The van der Waals surface area contributed by atoms with Crippen LogP contribution in [0.5, 0.6) is 5.75 Å². The summed E-state index contributed by atoms with van der Waals surface area (Å²) in [5.41, 5.74) is 5.29. The minimum absolute atomic E-state index is 0.0746. The Labute approximate surface area is 182 Å². The Hall–Kier alpha value is -4.01. The van der Waals surface area contributed by atoms with Crippen molar-refractivity contribution in [2.75, 3.05) is 5.32 Å². The molecule has 0 aliphatic heterocycles. The van der Waals surface area contributed by atoms with Gasteiger partial charge in [-0.25, -0.2) is 10.2 Å². The van der Waals surface area contributed by atoms with Crippen LogP contribution in [-0.2, 0) is 11.0 Å². The van der Waals surface area contributed by atoms with Crippen LogP contribution in [0.1, 0.15) is 12.5 Å². The second kappa shape index (κ2) is 9.86. The number of ether oxygens (including phenoxy) is 1. The van der Waals surface area contributed by atoms with E-state index < -0.39 is 29.8 Å². The number of urea groups is 1. The predicted molar refractivity (Wildman–Crippen MR) is 114 cm³/mol. The van der Waals surface area contributed by atoms with Gasteiger partial charge in [-0.15, -0.1) is 0 Å². The minimum atomic E-state index is -4.53. The lowest BCUT2D eigenvalue weighted by Crippen LogP contribution is -2.48. The van der Waals surface area contributed by atoms with Crippen LogP contribution in [0.15, 0.2) is 78.9 Å². The molecule has 32 heavy (non-hydrogen) atoms. The van der Waals surface area contributed by atoms with Gasteiger partial charge in [-0.3, -0.25) is 10.2 Å². The fraction of sp³-hybridized carbons (Fsp3) is 0.130. The van der Waals surface area contributed by atoms with Gasteiger partial charge < -0.3 is 10.1 Å². The summed E-state index contributed by atoms with van der Waals surface area (Å²) in [6, 6.07) is 20.1. The largest absolute Gasteiger partial charge is 0.481 e. The summed E-state index contributed by atoms with van der Waals surface area (Å²) in [7, 11) is 0. The second-order valence-corrected chi connectivity index (χ2v) is 6.80. The second-order valence-electron chi connectivity index (χ2n) is 6.80. The van der Waals surface area contributed by atoms with Gasteiger partial charge in [0.05, 0.1) is 5.56 Å². The first kappa shape index (κ1) is 22.7. The lowest BCUT2D eigenvalue weighted by molar-refractivity contribution is -0.137. The summed E-state index contributed by atoms with van der Waals surface area (Å²) < 4.78 is 43.8. The predicted octanol–water partition coefficient (Wildman–Crippen LogP) is 4.99. The summed E-state index contributed by atoms with van der Waals surface area (Å²) in [6.07, 6.45) is -5.47. The number of carbonyl (C=O) groups excluding carboxylic acids is 2. The Bertz CT molecular complexity index is 1070. The van der Waals surface area contributed by atoms with Gasteiger partial charge in [-0.05, 0) is 48.4 Å². The third kappa shape index (κ3) is 6.24. The van der Waals surface area contributed by atoms with E-state index >= 15 is 0 Å². The van der Waals surface area contributed by atoms with Crippen LogP contribution >= 0.6 is 0 Å². The van der Waals surface area contributed by atoms with E-state index in [9.17, 15) is 22.8 Å². The van der Waals surface area contributed by atoms with Crippen LogP contribution in [0.2, 0.25) is 0 Å². The molecule has 0 saturated carbocycles. The van der Waals surface area contributed by atoms with Gasteiger partial charge in [0.25, 0.3) is 5.91 Å². The molecule has 3 N–H and O–H groups in total. The number of hydrogen-bond donors (Lipinski definition) is 3. The number of halogens is 3. The highest BCUT2D eigenvalue weighted by atomic mass is 19.4. The molecule has 1 atom stereocenters. The average Bonchev–Trinajstić information content (AvgIpc) is 2.78. The van der Waals surface area contributed by atoms with E-state index in [1.807, 2.05) is 42.5 Å². The van der Waals surface area contributed by atoms with Crippen LogP contribution in [0.4, 0.5) is 23.7 Å². The van der Waals surface area contributed by atoms with Crippen molar-refractivity contribution in [2.24, 2.45) is 0 Å². The molecule has 0 unspecified atom stereocenters. The van der Waals surface area contributed by atoms with E-state index in [1.54, 1.807) is 12.1 Å². The molecule has 0 aliphatic rings. The fourth-order valence-electron chi connectivity index (χ4n) is 2.77. The van der Waals surface area contributed by atoms with Gasteiger partial charge in [-0.1, -0.05) is 48.5 Å². The zero-order valence-corrected chi connectivity index (χ0v) is 16.9. The molecule has 3 aromatic carbocycles. The zero-order valence-electron chi connectivity index (χ0n) is 16.9. The number of anilines is 1. The van der Waals surface area contributed by atoms with Crippen LogP contribution in [0, 0.1) is 0 Å². The molecule has 166 valence electrons. The van der Waals surface area contributed by atoms with Gasteiger partial charge in [0, 0.05) is 5.69 Å². The summed E-state index contributed by atoms with van der Waals surface area (Å²) in [6.45, 7) is 1.49. The third-order valence-electron chi connectivity index (χ3n) is 4.39. The van der Waals surface area contributed by atoms with E-state index in [2.05, 4.69) is 16.2 Å². The normalized spacial score (nSPS) is 11.9.